The standard InChI is InChI=1S/C16H22N4O5S3/c1-6-26-16-19-18-15(27-16)17-14(21)10(2)20(28(5,22)23)12-9-11(24-3)7-8-13(12)25-4/h7-10H,6H2,1-5H3,(H,17,18,21). The smallest absolute Gasteiger partial charge is 0.249 e. The largest absolute Gasteiger partial charge is 0.497 e. The van der Waals surface area contributed by atoms with Crippen LogP contribution in [0.4, 0.5) is 10.8 Å². The first-order valence-electron chi connectivity index (χ1n) is 8.19. The Hall–Kier alpha value is -2.05. The van der Waals surface area contributed by atoms with Gasteiger partial charge in [-0.1, -0.05) is 30.0 Å². The second-order valence-electron chi connectivity index (χ2n) is 5.57. The summed E-state index contributed by atoms with van der Waals surface area (Å²) < 4.78 is 37.2. The number of aromatic nitrogens is 2. The van der Waals surface area contributed by atoms with Crippen LogP contribution in [0.25, 0.3) is 0 Å². The van der Waals surface area contributed by atoms with Crippen LogP contribution in [0.1, 0.15) is 13.8 Å². The Balaban J connectivity index is 2.36. The number of hydrogen-bond donors (Lipinski definition) is 1. The van der Waals surface area contributed by atoms with Crippen LogP contribution in [0.2, 0.25) is 0 Å². The van der Waals surface area contributed by atoms with Gasteiger partial charge in [-0.2, -0.15) is 0 Å². The number of thioether (sulfide) groups is 1. The molecule has 0 radical (unpaired) electrons. The van der Waals surface area contributed by atoms with Gasteiger partial charge in [0.05, 0.1) is 26.2 Å². The quantitative estimate of drug-likeness (QED) is 0.462. The molecule has 0 saturated carbocycles. The molecule has 1 unspecified atom stereocenters. The molecule has 0 spiro atoms. The van der Waals surface area contributed by atoms with Crippen LogP contribution in [0, 0.1) is 0 Å². The molecule has 0 bridgehead atoms. The second-order valence-corrected chi connectivity index (χ2v) is 9.92. The Morgan fingerprint density at radius 1 is 1.32 bits per heavy atom. The maximum absolute atomic E-state index is 12.7. The van der Waals surface area contributed by atoms with Gasteiger partial charge in [0.1, 0.15) is 17.5 Å². The van der Waals surface area contributed by atoms with E-state index < -0.39 is 22.0 Å². The molecule has 2 rings (SSSR count). The fraction of sp³-hybridized carbons (Fsp3) is 0.438. The fourth-order valence-corrected chi connectivity index (χ4v) is 5.22. The van der Waals surface area contributed by atoms with E-state index in [4.69, 9.17) is 9.47 Å². The van der Waals surface area contributed by atoms with Gasteiger partial charge >= 0.3 is 0 Å². The highest BCUT2D eigenvalue weighted by Crippen LogP contribution is 2.35. The van der Waals surface area contributed by atoms with E-state index in [2.05, 4.69) is 15.5 Å². The van der Waals surface area contributed by atoms with E-state index >= 15 is 0 Å². The summed E-state index contributed by atoms with van der Waals surface area (Å²) in [4.78, 5) is 12.7. The lowest BCUT2D eigenvalue weighted by Gasteiger charge is -2.29. The molecule has 28 heavy (non-hydrogen) atoms. The van der Waals surface area contributed by atoms with Gasteiger partial charge in [0.15, 0.2) is 4.34 Å². The van der Waals surface area contributed by atoms with E-state index in [1.807, 2.05) is 6.92 Å². The van der Waals surface area contributed by atoms with Crippen LogP contribution in [-0.4, -0.2) is 56.8 Å². The first-order valence-corrected chi connectivity index (χ1v) is 11.8. The van der Waals surface area contributed by atoms with E-state index in [1.54, 1.807) is 12.1 Å². The molecular formula is C16H22N4O5S3. The van der Waals surface area contributed by atoms with Gasteiger partial charge in [0, 0.05) is 6.07 Å². The van der Waals surface area contributed by atoms with Crippen LogP contribution in [0.5, 0.6) is 11.5 Å². The molecule has 1 N–H and O–H groups in total. The average molecular weight is 447 g/mol. The molecular weight excluding hydrogens is 424 g/mol. The van der Waals surface area contributed by atoms with Gasteiger partial charge in [0.2, 0.25) is 21.1 Å². The summed E-state index contributed by atoms with van der Waals surface area (Å²) in [6, 6.07) is 3.66. The van der Waals surface area contributed by atoms with Gasteiger partial charge in [-0.25, -0.2) is 8.42 Å². The zero-order valence-corrected chi connectivity index (χ0v) is 18.6. The third-order valence-electron chi connectivity index (χ3n) is 3.62. The number of benzene rings is 1. The molecule has 0 saturated heterocycles. The number of anilines is 2. The van der Waals surface area contributed by atoms with E-state index in [9.17, 15) is 13.2 Å². The molecule has 1 aromatic carbocycles. The van der Waals surface area contributed by atoms with Crippen LogP contribution < -0.4 is 19.1 Å². The molecule has 1 aromatic heterocycles. The van der Waals surface area contributed by atoms with E-state index in [1.165, 1.54) is 50.3 Å². The van der Waals surface area contributed by atoms with Crippen molar-refractivity contribution in [1.29, 1.82) is 0 Å². The number of rotatable bonds is 9. The Kier molecular flexibility index (Phi) is 7.49. The van der Waals surface area contributed by atoms with Gasteiger partial charge in [-0.05, 0) is 24.8 Å². The van der Waals surface area contributed by atoms with E-state index in [-0.39, 0.29) is 5.69 Å². The van der Waals surface area contributed by atoms with Crippen molar-refractivity contribution < 1.29 is 22.7 Å². The highest BCUT2D eigenvalue weighted by atomic mass is 32.2. The molecule has 0 fully saturated rings. The van der Waals surface area contributed by atoms with Gasteiger partial charge in [-0.15, -0.1) is 10.2 Å². The predicted molar refractivity (Wildman–Crippen MR) is 111 cm³/mol. The Morgan fingerprint density at radius 3 is 2.61 bits per heavy atom. The molecule has 12 heteroatoms. The monoisotopic (exact) mass is 446 g/mol. The van der Waals surface area contributed by atoms with Crippen LogP contribution in [-0.2, 0) is 14.8 Å². The van der Waals surface area contributed by atoms with Gasteiger partial charge in [0.25, 0.3) is 0 Å². The van der Waals surface area contributed by atoms with Crippen molar-refractivity contribution in [3.8, 4) is 11.5 Å². The molecule has 2 aromatic rings. The third-order valence-corrected chi connectivity index (χ3v) is 6.70. The zero-order valence-electron chi connectivity index (χ0n) is 16.1. The number of amides is 1. The van der Waals surface area contributed by atoms with Gasteiger partial charge < -0.3 is 9.47 Å². The summed E-state index contributed by atoms with van der Waals surface area (Å²) in [6.45, 7) is 3.47. The highest BCUT2D eigenvalue weighted by molar-refractivity contribution is 8.01. The molecule has 1 heterocycles. The number of sulfonamides is 1. The van der Waals surface area contributed by atoms with Crippen molar-refractivity contribution in [3.63, 3.8) is 0 Å². The summed E-state index contributed by atoms with van der Waals surface area (Å²) in [7, 11) is -0.928. The lowest BCUT2D eigenvalue weighted by Crippen LogP contribution is -2.45. The summed E-state index contributed by atoms with van der Waals surface area (Å²) in [6.07, 6.45) is 1.02. The number of carbonyl (C=O) groups is 1. The zero-order chi connectivity index (χ0) is 20.9. The van der Waals surface area contributed by atoms with Crippen molar-refractivity contribution in [2.24, 2.45) is 0 Å². The lowest BCUT2D eigenvalue weighted by molar-refractivity contribution is -0.116. The first kappa shape index (κ1) is 22.2. The van der Waals surface area contributed by atoms with Crippen molar-refractivity contribution in [2.45, 2.75) is 24.2 Å². The maximum Gasteiger partial charge on any atom is 0.249 e. The fourth-order valence-electron chi connectivity index (χ4n) is 2.40. The molecule has 0 aliphatic heterocycles. The number of nitrogens with zero attached hydrogens (tertiary/aromatic N) is 3. The SMILES string of the molecule is CCSc1nnc(NC(=O)C(C)N(c2cc(OC)ccc2OC)S(C)(=O)=O)s1. The highest BCUT2D eigenvalue weighted by Gasteiger charge is 2.32. The van der Waals surface area contributed by atoms with Crippen molar-refractivity contribution in [3.05, 3.63) is 18.2 Å². The van der Waals surface area contributed by atoms with Crippen LogP contribution >= 0.6 is 23.1 Å². The van der Waals surface area contributed by atoms with E-state index in [0.29, 0.717) is 16.6 Å². The Bertz CT molecular complexity index is 932. The number of methoxy groups -OCH3 is 2. The minimum absolute atomic E-state index is 0.200. The number of ether oxygens (including phenoxy) is 2. The summed E-state index contributed by atoms with van der Waals surface area (Å²) >= 11 is 2.73. The van der Waals surface area contributed by atoms with Crippen LogP contribution in [0.15, 0.2) is 22.5 Å². The predicted octanol–water partition coefficient (Wildman–Crippen LogP) is 2.46. The summed E-state index contributed by atoms with van der Waals surface area (Å²) in [5, 5.41) is 10.8. The van der Waals surface area contributed by atoms with E-state index in [0.717, 1.165) is 20.7 Å². The molecule has 0 aliphatic rings. The lowest BCUT2D eigenvalue weighted by atomic mass is 10.2. The van der Waals surface area contributed by atoms with Crippen molar-refractivity contribution in [1.82, 2.24) is 10.2 Å². The number of hydrogen-bond acceptors (Lipinski definition) is 9. The molecule has 154 valence electrons. The average Bonchev–Trinajstić information content (AvgIpc) is 3.07. The normalized spacial score (nSPS) is 12.3. The summed E-state index contributed by atoms with van der Waals surface area (Å²) in [5.41, 5.74) is 0.200. The van der Waals surface area contributed by atoms with Crippen LogP contribution in [0.3, 0.4) is 0 Å². The molecule has 1 atom stereocenters. The minimum Gasteiger partial charge on any atom is -0.497 e. The molecule has 1 amide bonds. The number of carbonyl (C=O) groups excluding carboxylic acids is 1. The molecule has 9 nitrogen and oxygen atoms in total. The van der Waals surface area contributed by atoms with Gasteiger partial charge in [-0.3, -0.25) is 14.4 Å². The first-order chi connectivity index (χ1) is 13.2. The van der Waals surface area contributed by atoms with Crippen molar-refractivity contribution in [2.75, 3.05) is 35.9 Å². The maximum atomic E-state index is 12.7. The topological polar surface area (TPSA) is 111 Å². The Labute approximate surface area is 172 Å². The summed E-state index contributed by atoms with van der Waals surface area (Å²) in [5.74, 6) is 1.02. The number of nitrogens with one attached hydrogen (secondary N) is 1. The Morgan fingerprint density at radius 2 is 2.04 bits per heavy atom. The third kappa shape index (κ3) is 5.26. The minimum atomic E-state index is -3.82. The van der Waals surface area contributed by atoms with Crippen molar-refractivity contribution >= 4 is 49.8 Å². The molecule has 0 aliphatic carbocycles. The second kappa shape index (κ2) is 9.43.